The van der Waals surface area contributed by atoms with Gasteiger partial charge in [-0.05, 0) is 75.8 Å². The molecule has 0 saturated carbocycles. The number of carbonyl (C=O) groups excluding carboxylic acids is 3. The number of carbonyl (C=O) groups is 3. The van der Waals surface area contributed by atoms with Crippen molar-refractivity contribution in [3.8, 4) is 46.3 Å². The summed E-state index contributed by atoms with van der Waals surface area (Å²) in [6, 6.07) is 11.5. The molecule has 0 bridgehead atoms. The maximum atomic E-state index is 14.5. The van der Waals surface area contributed by atoms with E-state index in [4.69, 9.17) is 45.3 Å². The maximum Gasteiger partial charge on any atom is 0.243 e. The molecular weight excluding hydrogens is 1110 g/mol. The standard InChI is InChI=1S/C19H23ClN6O.C18H15ClFN7O.C18H16ClN7O.3H2/c1-10(2)16(19(27)24-11(3)4)25-15-5-6-21-18(26-15)14-9-23-17-13(14)7-12(20)8-22-17;19-10-6-11-12(8-24-15(11)23-7-10)16-25-9-13(20)17(26-16)27-5-1-2-14(27)18(28)22-4-3-21;19-11-8-12-13(10-24-16(12)23-9-11)17-21-5-3-15(25-17)26-7-1-2-14(26)18(27)22-6-4-20;;;/h5-11,16H,1-4H3,(H,22,23)(H,24,27)(H,21,25,26);6-9,14H,1-2,4-5H2,(H,22,28)(H,23,24);3,5,8-10,14H,1-2,6-7H2,(H,22,27)(H,23,24);3*1H/t16-;2*14-;;;/m111.../s1. The van der Waals surface area contributed by atoms with Crippen molar-refractivity contribution in [3.05, 3.63) is 107 Å². The number of pyridine rings is 3. The van der Waals surface area contributed by atoms with Crippen LogP contribution in [0.5, 0.6) is 0 Å². The van der Waals surface area contributed by atoms with Gasteiger partial charge in [-0.1, -0.05) is 48.7 Å². The molecule has 9 aromatic rings. The minimum absolute atomic E-state index is 0. The molecular formula is C55H60Cl3FN20O3. The second kappa shape index (κ2) is 26.0. The van der Waals surface area contributed by atoms with Gasteiger partial charge < -0.3 is 46.0 Å². The van der Waals surface area contributed by atoms with Gasteiger partial charge in [-0.3, -0.25) is 14.4 Å². The predicted octanol–water partition coefficient (Wildman–Crippen LogP) is 9.08. The van der Waals surface area contributed by atoms with E-state index >= 15 is 0 Å². The van der Waals surface area contributed by atoms with E-state index in [1.54, 1.807) is 66.5 Å². The van der Waals surface area contributed by atoms with Gasteiger partial charge in [-0.2, -0.15) is 10.5 Å². The average molecular weight is 1170 g/mol. The molecule has 0 aromatic carbocycles. The van der Waals surface area contributed by atoms with Gasteiger partial charge in [-0.25, -0.2) is 49.2 Å². The summed E-state index contributed by atoms with van der Waals surface area (Å²) in [7, 11) is 0. The monoisotopic (exact) mass is 1170 g/mol. The molecule has 0 spiro atoms. The Morgan fingerprint density at radius 1 is 0.671 bits per heavy atom. The van der Waals surface area contributed by atoms with E-state index in [0.717, 1.165) is 59.3 Å². The smallest absolute Gasteiger partial charge is 0.243 e. The summed E-state index contributed by atoms with van der Waals surface area (Å²) in [4.78, 5) is 89.1. The quantitative estimate of drug-likeness (QED) is 0.0499. The van der Waals surface area contributed by atoms with E-state index in [1.165, 1.54) is 6.20 Å². The summed E-state index contributed by atoms with van der Waals surface area (Å²) in [6.45, 7) is 8.98. The highest BCUT2D eigenvalue weighted by Crippen LogP contribution is 2.34. The van der Waals surface area contributed by atoms with Crippen LogP contribution in [-0.2, 0) is 14.4 Å². The highest BCUT2D eigenvalue weighted by Gasteiger charge is 2.35. The number of halogens is 4. The number of anilines is 3. The largest absolute Gasteiger partial charge is 0.358 e. The van der Waals surface area contributed by atoms with Gasteiger partial charge in [-0.15, -0.1) is 0 Å². The molecule has 7 N–H and O–H groups in total. The molecule has 0 aliphatic carbocycles. The highest BCUT2D eigenvalue weighted by molar-refractivity contribution is 6.32. The Bertz CT molecular complexity index is 3890. The van der Waals surface area contributed by atoms with Crippen LogP contribution >= 0.6 is 34.8 Å². The Hall–Kier alpha value is -9.10. The Morgan fingerprint density at radius 3 is 1.65 bits per heavy atom. The zero-order chi connectivity index (χ0) is 58.0. The van der Waals surface area contributed by atoms with Crippen molar-refractivity contribution in [1.82, 2.24) is 75.8 Å². The minimum atomic E-state index is -0.611. The third-order valence-electron chi connectivity index (χ3n) is 13.3. The first-order valence-electron chi connectivity index (χ1n) is 26.1. The number of nitrogens with zero attached hydrogens (tertiary/aromatic N) is 13. The van der Waals surface area contributed by atoms with Crippen LogP contribution in [0.15, 0.2) is 86.1 Å². The summed E-state index contributed by atoms with van der Waals surface area (Å²) in [5.74, 6) is 1.65. The summed E-state index contributed by atoms with van der Waals surface area (Å²) in [5.41, 5.74) is 4.27. The fraction of sp³-hybridized carbons (Fsp3) is 0.309. The number of nitriles is 2. The van der Waals surface area contributed by atoms with Gasteiger partial charge in [0.2, 0.25) is 17.7 Å². The Balaban J connectivity index is 0.000000201. The van der Waals surface area contributed by atoms with Crippen LogP contribution in [0.3, 0.4) is 0 Å². The Morgan fingerprint density at radius 2 is 1.15 bits per heavy atom. The van der Waals surface area contributed by atoms with Crippen LogP contribution in [0.4, 0.5) is 21.8 Å². The molecule has 2 fully saturated rings. The highest BCUT2D eigenvalue weighted by atomic mass is 35.5. The van der Waals surface area contributed by atoms with Crippen molar-refractivity contribution in [2.45, 2.75) is 77.5 Å². The minimum Gasteiger partial charge on any atom is -0.358 e. The number of hydrogen-bond acceptors (Lipinski definition) is 17. The average Bonchev–Trinajstić information content (AvgIpc) is 2.82. The molecule has 3 amide bonds. The molecule has 0 radical (unpaired) electrons. The third-order valence-corrected chi connectivity index (χ3v) is 13.9. The second-order valence-corrected chi connectivity index (χ2v) is 20.9. The number of hydrogen-bond donors (Lipinski definition) is 7. The van der Waals surface area contributed by atoms with E-state index < -0.39 is 17.9 Å². The van der Waals surface area contributed by atoms with Crippen molar-refractivity contribution in [3.63, 3.8) is 0 Å². The number of rotatable bonds is 14. The van der Waals surface area contributed by atoms with Crippen LogP contribution in [0.25, 0.3) is 67.3 Å². The molecule has 11 rings (SSSR count). The van der Waals surface area contributed by atoms with Crippen LogP contribution in [0.1, 0.15) is 57.7 Å². The number of amides is 3. The first-order chi connectivity index (χ1) is 39.6. The molecule has 27 heteroatoms. The molecule has 82 heavy (non-hydrogen) atoms. The first kappa shape index (κ1) is 57.6. The van der Waals surface area contributed by atoms with Gasteiger partial charge in [0.05, 0.1) is 33.4 Å². The summed E-state index contributed by atoms with van der Waals surface area (Å²) in [5, 5.41) is 32.6. The van der Waals surface area contributed by atoms with Gasteiger partial charge in [0.1, 0.15) is 59.8 Å². The molecule has 2 saturated heterocycles. The molecule has 2 aliphatic heterocycles. The molecule has 426 valence electrons. The predicted molar refractivity (Wildman–Crippen MR) is 316 cm³/mol. The first-order valence-corrected chi connectivity index (χ1v) is 27.2. The number of fused-ring (bicyclic) bond motifs is 3. The number of aromatic nitrogens is 12. The summed E-state index contributed by atoms with van der Waals surface area (Å²) in [6.07, 6.45) is 17.3. The second-order valence-electron chi connectivity index (χ2n) is 19.6. The SMILES string of the molecule is CC(C)NC(=O)[C@H](Nc1ccnc(-c2c[nH]c3ncc(Cl)cc23)n1)C(C)C.N#CCNC(=O)[C@H]1CCCN1c1ccnc(-c2c[nH]c3ncc(Cl)cc23)n1.N#CCNC(=O)[C@H]1CCCN1c1nc(-c2c[nH]c3ncc(Cl)cc23)ncc1F.[HH].[HH].[HH]. The molecule has 2 aliphatic rings. The van der Waals surface area contributed by atoms with Gasteiger partial charge in [0.15, 0.2) is 29.1 Å². The van der Waals surface area contributed by atoms with Crippen LogP contribution in [0, 0.1) is 34.4 Å². The van der Waals surface area contributed by atoms with Crippen LogP contribution in [0.2, 0.25) is 15.1 Å². The number of H-pyrrole nitrogens is 3. The molecule has 0 unspecified atom stereocenters. The normalized spacial score (nSPS) is 15.1. The van der Waals surface area contributed by atoms with Crippen molar-refractivity contribution in [2.24, 2.45) is 5.92 Å². The lowest BCUT2D eigenvalue weighted by Crippen LogP contribution is -2.45. The summed E-state index contributed by atoms with van der Waals surface area (Å²) < 4.78 is 14.5. The molecule has 23 nitrogen and oxygen atoms in total. The van der Waals surface area contributed by atoms with E-state index in [2.05, 4.69) is 81.1 Å². The maximum absolute atomic E-state index is 14.5. The van der Waals surface area contributed by atoms with E-state index in [1.807, 2.05) is 56.9 Å². The van der Waals surface area contributed by atoms with Crippen molar-refractivity contribution >= 4 is 103 Å². The Labute approximate surface area is 488 Å². The third kappa shape index (κ3) is 13.2. The summed E-state index contributed by atoms with van der Waals surface area (Å²) >= 11 is 18.2. The lowest BCUT2D eigenvalue weighted by molar-refractivity contribution is -0.123. The fourth-order valence-corrected chi connectivity index (χ4v) is 10.0. The fourth-order valence-electron chi connectivity index (χ4n) is 9.55. The van der Waals surface area contributed by atoms with E-state index in [-0.39, 0.29) is 58.9 Å². The Kier molecular flexibility index (Phi) is 18.3. The van der Waals surface area contributed by atoms with Crippen LogP contribution in [-0.4, -0.2) is 128 Å². The van der Waals surface area contributed by atoms with E-state index in [0.29, 0.717) is 79.6 Å². The van der Waals surface area contributed by atoms with Gasteiger partial charge in [0.25, 0.3) is 0 Å². The number of nitrogens with one attached hydrogen (secondary N) is 7. The lowest BCUT2D eigenvalue weighted by atomic mass is 10.0. The van der Waals surface area contributed by atoms with E-state index in [9.17, 15) is 18.8 Å². The number of aromatic amines is 3. The van der Waals surface area contributed by atoms with Gasteiger partial charge in [0, 0.05) is 106 Å². The van der Waals surface area contributed by atoms with Crippen molar-refractivity contribution in [2.75, 3.05) is 41.3 Å². The van der Waals surface area contributed by atoms with Crippen molar-refractivity contribution < 1.29 is 23.1 Å². The molecule has 9 aromatic heterocycles. The zero-order valence-electron chi connectivity index (χ0n) is 44.7. The van der Waals surface area contributed by atoms with Crippen molar-refractivity contribution in [1.29, 1.82) is 10.5 Å². The van der Waals surface area contributed by atoms with Crippen LogP contribution < -0.4 is 31.1 Å². The topological polar surface area (TPSA) is 317 Å². The molecule has 3 atom stereocenters. The molecule has 11 heterocycles. The zero-order valence-corrected chi connectivity index (χ0v) is 46.9. The van der Waals surface area contributed by atoms with Gasteiger partial charge >= 0.3 is 0 Å². The lowest BCUT2D eigenvalue weighted by Gasteiger charge is -2.25.